The van der Waals surface area contributed by atoms with Crippen molar-refractivity contribution in [1.82, 2.24) is 38.9 Å². The summed E-state index contributed by atoms with van der Waals surface area (Å²) in [5.74, 6) is 2.20. The van der Waals surface area contributed by atoms with Gasteiger partial charge in [0.2, 0.25) is 11.8 Å². The van der Waals surface area contributed by atoms with Crippen LogP contribution in [0.15, 0.2) is 53.7 Å². The molecule has 0 saturated carbocycles. The Kier molecular flexibility index (Phi) is 4.06. The zero-order chi connectivity index (χ0) is 20.8. The number of fused-ring (bicyclic) bond motifs is 2. The Labute approximate surface area is 176 Å². The summed E-state index contributed by atoms with van der Waals surface area (Å²) in [6.45, 7) is 4.31. The number of nitrogens with two attached hydrogens (primary N) is 1. The lowest BCUT2D eigenvalue weighted by atomic mass is 10.3. The maximum Gasteiger partial charge on any atom is 0.225 e. The number of imidazole rings is 1. The first-order valence-corrected chi connectivity index (χ1v) is 10.0. The molecule has 1 aliphatic rings. The lowest BCUT2D eigenvalue weighted by Crippen LogP contribution is -2.46. The molecule has 31 heavy (non-hydrogen) atoms. The zero-order valence-corrected chi connectivity index (χ0v) is 16.7. The van der Waals surface area contributed by atoms with Crippen molar-refractivity contribution >= 4 is 23.1 Å². The highest BCUT2D eigenvalue weighted by atomic mass is 16.3. The van der Waals surface area contributed by atoms with E-state index in [1.165, 1.54) is 4.52 Å². The van der Waals surface area contributed by atoms with E-state index < -0.39 is 0 Å². The molecule has 0 bridgehead atoms. The topological polar surface area (TPSA) is 119 Å². The summed E-state index contributed by atoms with van der Waals surface area (Å²) in [5.41, 5.74) is 8.72. The number of aromatic nitrogens is 7. The minimum atomic E-state index is 0.304. The molecule has 0 atom stereocenters. The van der Waals surface area contributed by atoms with Crippen LogP contribution in [0.3, 0.4) is 0 Å². The number of hydrogen-bond donors (Lipinski definition) is 1. The minimum absolute atomic E-state index is 0.304. The molecular weight excluding hydrogens is 396 g/mol. The molecule has 1 aliphatic heterocycles. The number of hydrogen-bond acceptors (Lipinski definition) is 9. The molecule has 0 aliphatic carbocycles. The summed E-state index contributed by atoms with van der Waals surface area (Å²) in [4.78, 5) is 22.5. The lowest BCUT2D eigenvalue weighted by Gasteiger charge is -2.35. The van der Waals surface area contributed by atoms with Gasteiger partial charge in [0.15, 0.2) is 17.1 Å². The van der Waals surface area contributed by atoms with Gasteiger partial charge >= 0.3 is 0 Å². The Morgan fingerprint density at radius 3 is 2.77 bits per heavy atom. The van der Waals surface area contributed by atoms with Gasteiger partial charge in [-0.25, -0.2) is 9.97 Å². The van der Waals surface area contributed by atoms with Crippen LogP contribution in [-0.2, 0) is 6.54 Å². The molecule has 11 heteroatoms. The summed E-state index contributed by atoms with van der Waals surface area (Å²) in [6, 6.07) is 5.54. The van der Waals surface area contributed by atoms with Crippen molar-refractivity contribution < 1.29 is 4.42 Å². The summed E-state index contributed by atoms with van der Waals surface area (Å²) in [6.07, 6.45) is 9.10. The molecule has 5 aromatic heterocycles. The highest BCUT2D eigenvalue weighted by molar-refractivity contribution is 5.59. The predicted octanol–water partition coefficient (Wildman–Crippen LogP) is 1.33. The standard InChI is InChI=1S/C20H20N10O/c21-20-25-16(10-17-24-19(26-30(17)20)15-2-1-9-31-15)28-7-5-27(6-8-28)12-14-13-29-4-3-22-11-18(29)23-14/h1-4,9-11,13H,5-8,12H2,(H2,21,25). The molecular formula is C20H20N10O. The summed E-state index contributed by atoms with van der Waals surface area (Å²) in [5, 5.41) is 4.40. The second-order valence-electron chi connectivity index (χ2n) is 7.49. The second-order valence-corrected chi connectivity index (χ2v) is 7.49. The van der Waals surface area contributed by atoms with Crippen LogP contribution in [0.2, 0.25) is 0 Å². The Bertz CT molecular complexity index is 1310. The molecule has 1 saturated heterocycles. The molecule has 156 valence electrons. The molecule has 0 amide bonds. The normalized spacial score (nSPS) is 15.3. The molecule has 0 unspecified atom stereocenters. The van der Waals surface area contributed by atoms with Gasteiger partial charge in [-0.1, -0.05) is 0 Å². The first kappa shape index (κ1) is 17.8. The maximum absolute atomic E-state index is 6.16. The van der Waals surface area contributed by atoms with Crippen LogP contribution in [0.5, 0.6) is 0 Å². The van der Waals surface area contributed by atoms with E-state index in [0.717, 1.165) is 49.9 Å². The van der Waals surface area contributed by atoms with Crippen LogP contribution in [0.1, 0.15) is 5.69 Å². The first-order chi connectivity index (χ1) is 15.2. The van der Waals surface area contributed by atoms with Gasteiger partial charge in [-0.3, -0.25) is 9.88 Å². The van der Waals surface area contributed by atoms with Gasteiger partial charge in [0.1, 0.15) is 5.82 Å². The van der Waals surface area contributed by atoms with Crippen LogP contribution >= 0.6 is 0 Å². The molecule has 11 nitrogen and oxygen atoms in total. The van der Waals surface area contributed by atoms with Crippen LogP contribution in [0.25, 0.3) is 22.9 Å². The monoisotopic (exact) mass is 416 g/mol. The molecule has 1 fully saturated rings. The molecule has 6 heterocycles. The third-order valence-corrected chi connectivity index (χ3v) is 5.47. The van der Waals surface area contributed by atoms with Crippen molar-refractivity contribution in [2.45, 2.75) is 6.54 Å². The fourth-order valence-corrected chi connectivity index (χ4v) is 3.91. The van der Waals surface area contributed by atoms with E-state index in [2.05, 4.69) is 41.0 Å². The lowest BCUT2D eigenvalue weighted by molar-refractivity contribution is 0.247. The van der Waals surface area contributed by atoms with Gasteiger partial charge in [-0.05, 0) is 12.1 Å². The van der Waals surface area contributed by atoms with E-state index in [9.17, 15) is 0 Å². The van der Waals surface area contributed by atoms with Gasteiger partial charge in [-0.2, -0.15) is 9.50 Å². The van der Waals surface area contributed by atoms with Crippen LogP contribution < -0.4 is 10.6 Å². The zero-order valence-electron chi connectivity index (χ0n) is 16.7. The van der Waals surface area contributed by atoms with E-state index >= 15 is 0 Å². The Balaban J connectivity index is 1.17. The van der Waals surface area contributed by atoms with Gasteiger partial charge in [0.05, 0.1) is 18.2 Å². The number of furan rings is 1. The van der Waals surface area contributed by atoms with Gasteiger partial charge in [-0.15, -0.1) is 5.10 Å². The van der Waals surface area contributed by atoms with Crippen LogP contribution in [0, 0.1) is 0 Å². The Hall–Kier alpha value is -3.99. The van der Waals surface area contributed by atoms with Gasteiger partial charge < -0.3 is 19.5 Å². The van der Waals surface area contributed by atoms with Crippen molar-refractivity contribution in [2.24, 2.45) is 0 Å². The van der Waals surface area contributed by atoms with E-state index in [4.69, 9.17) is 10.2 Å². The van der Waals surface area contributed by atoms with Crippen LogP contribution in [-0.4, -0.2) is 65.0 Å². The third-order valence-electron chi connectivity index (χ3n) is 5.47. The fourth-order valence-electron chi connectivity index (χ4n) is 3.91. The minimum Gasteiger partial charge on any atom is -0.461 e. The number of nitrogen functional groups attached to an aromatic ring is 1. The van der Waals surface area contributed by atoms with Crippen molar-refractivity contribution in [3.05, 3.63) is 54.9 Å². The average molecular weight is 416 g/mol. The number of anilines is 2. The maximum atomic E-state index is 6.16. The quantitative estimate of drug-likeness (QED) is 0.463. The summed E-state index contributed by atoms with van der Waals surface area (Å²) >= 11 is 0. The highest BCUT2D eigenvalue weighted by Gasteiger charge is 2.21. The molecule has 6 rings (SSSR count). The van der Waals surface area contributed by atoms with Crippen molar-refractivity contribution in [1.29, 1.82) is 0 Å². The van der Waals surface area contributed by atoms with Crippen LogP contribution in [0.4, 0.5) is 11.8 Å². The summed E-state index contributed by atoms with van der Waals surface area (Å²) < 4.78 is 8.92. The molecule has 0 spiro atoms. The number of nitrogens with zero attached hydrogens (tertiary/aromatic N) is 9. The SMILES string of the molecule is Nc1nc(N2CCN(Cc3cn4ccncc4n3)CC2)cc2nc(-c3ccco3)nn12. The van der Waals surface area contributed by atoms with E-state index in [1.54, 1.807) is 24.7 Å². The fraction of sp³-hybridized carbons (Fsp3) is 0.250. The molecule has 0 aromatic carbocycles. The van der Waals surface area contributed by atoms with E-state index in [1.807, 2.05) is 22.7 Å². The van der Waals surface area contributed by atoms with E-state index in [0.29, 0.717) is 23.2 Å². The first-order valence-electron chi connectivity index (χ1n) is 10.0. The molecule has 2 N–H and O–H groups in total. The smallest absolute Gasteiger partial charge is 0.225 e. The average Bonchev–Trinajstić information content (AvgIpc) is 3.53. The Morgan fingerprint density at radius 2 is 1.97 bits per heavy atom. The highest BCUT2D eigenvalue weighted by Crippen LogP contribution is 2.22. The van der Waals surface area contributed by atoms with Gasteiger partial charge in [0.25, 0.3) is 0 Å². The number of piperazine rings is 1. The van der Waals surface area contributed by atoms with Crippen molar-refractivity contribution in [3.8, 4) is 11.6 Å². The van der Waals surface area contributed by atoms with Crippen molar-refractivity contribution in [3.63, 3.8) is 0 Å². The third kappa shape index (κ3) is 3.24. The Morgan fingerprint density at radius 1 is 1.06 bits per heavy atom. The molecule has 0 radical (unpaired) electrons. The summed E-state index contributed by atoms with van der Waals surface area (Å²) in [7, 11) is 0. The second kappa shape index (κ2) is 7.06. The van der Waals surface area contributed by atoms with Gasteiger partial charge in [0, 0.05) is 57.4 Å². The number of rotatable bonds is 4. The molecule has 5 aromatic rings. The van der Waals surface area contributed by atoms with Crippen molar-refractivity contribution in [2.75, 3.05) is 36.8 Å². The van der Waals surface area contributed by atoms with E-state index in [-0.39, 0.29) is 0 Å². The predicted molar refractivity (Wildman–Crippen MR) is 113 cm³/mol. The largest absolute Gasteiger partial charge is 0.461 e.